The van der Waals surface area contributed by atoms with Crippen LogP contribution in [0.15, 0.2) is 12.3 Å². The topological polar surface area (TPSA) is 27.7 Å². The van der Waals surface area contributed by atoms with Crippen molar-refractivity contribution in [3.63, 3.8) is 0 Å². The van der Waals surface area contributed by atoms with Crippen molar-refractivity contribution in [1.82, 2.24) is 0 Å². The molecule has 0 atom stereocenters. The van der Waals surface area contributed by atoms with Gasteiger partial charge in [0.2, 0.25) is 0 Å². The maximum absolute atomic E-state index is 4.92. The fourth-order valence-corrected chi connectivity index (χ4v) is 0.347. The van der Waals surface area contributed by atoms with E-state index in [-0.39, 0.29) is 5.60 Å². The summed E-state index contributed by atoms with van der Waals surface area (Å²) in [5.74, 6) is 0. The summed E-state index contributed by atoms with van der Waals surface area (Å²) < 4.78 is 4.57. The highest BCUT2D eigenvalue weighted by molar-refractivity contribution is 4.77. The van der Waals surface area contributed by atoms with Gasteiger partial charge in [0.1, 0.15) is 24.6 Å². The molecule has 0 rings (SSSR count). The minimum atomic E-state index is -0.308. The number of terminal acetylenes is 1. The van der Waals surface area contributed by atoms with Gasteiger partial charge in [0.15, 0.2) is 0 Å². The molecule has 0 saturated heterocycles. The molecule has 0 unspecified atom stereocenters. The maximum atomic E-state index is 4.92. The fourth-order valence-electron chi connectivity index (χ4n) is 0.347. The molecule has 0 amide bonds. The summed E-state index contributed by atoms with van der Waals surface area (Å²) in [7, 11) is 0. The van der Waals surface area contributed by atoms with Crippen molar-refractivity contribution < 1.29 is 14.5 Å². The Morgan fingerprint density at radius 3 is 2.58 bits per heavy atom. The van der Waals surface area contributed by atoms with Crippen molar-refractivity contribution >= 4 is 0 Å². The highest BCUT2D eigenvalue weighted by Gasteiger charge is 2.10. The molecule has 12 heavy (non-hydrogen) atoms. The molecule has 0 bridgehead atoms. The zero-order valence-corrected chi connectivity index (χ0v) is 7.66. The van der Waals surface area contributed by atoms with Gasteiger partial charge >= 0.3 is 0 Å². The van der Waals surface area contributed by atoms with Gasteiger partial charge in [-0.3, -0.25) is 0 Å². The molecule has 3 heteroatoms. The monoisotopic (exact) mass is 170 g/mol. The maximum Gasteiger partial charge on any atom is 0.129 e. The Morgan fingerprint density at radius 1 is 1.42 bits per heavy atom. The van der Waals surface area contributed by atoms with Crippen LogP contribution in [0.4, 0.5) is 0 Å². The molecular formula is C9H14O3. The number of rotatable bonds is 4. The van der Waals surface area contributed by atoms with E-state index in [1.807, 2.05) is 26.9 Å². The molecule has 0 fully saturated rings. The van der Waals surface area contributed by atoms with Gasteiger partial charge < -0.3 is 9.62 Å². The fraction of sp³-hybridized carbons (Fsp3) is 0.556. The van der Waals surface area contributed by atoms with E-state index in [0.29, 0.717) is 6.61 Å². The summed E-state index contributed by atoms with van der Waals surface area (Å²) in [4.78, 5) is 9.63. The molecule has 0 N–H and O–H groups in total. The van der Waals surface area contributed by atoms with Gasteiger partial charge in [-0.05, 0) is 26.8 Å². The van der Waals surface area contributed by atoms with Gasteiger partial charge in [0.25, 0.3) is 0 Å². The molecule has 3 nitrogen and oxygen atoms in total. The van der Waals surface area contributed by atoms with E-state index in [1.54, 1.807) is 6.08 Å². The van der Waals surface area contributed by atoms with Gasteiger partial charge in [-0.2, -0.15) is 4.89 Å². The van der Waals surface area contributed by atoms with Gasteiger partial charge in [-0.15, -0.1) is 0 Å². The van der Waals surface area contributed by atoms with Crippen molar-refractivity contribution in [3.8, 4) is 12.5 Å². The van der Waals surface area contributed by atoms with E-state index in [4.69, 9.17) is 16.2 Å². The Kier molecular flexibility index (Phi) is 4.98. The second-order valence-corrected chi connectivity index (χ2v) is 3.09. The van der Waals surface area contributed by atoms with Crippen LogP contribution < -0.4 is 0 Å². The summed E-state index contributed by atoms with van der Waals surface area (Å²) in [5.41, 5.74) is -0.308. The van der Waals surface area contributed by atoms with Crippen LogP contribution in [0, 0.1) is 12.5 Å². The van der Waals surface area contributed by atoms with Crippen LogP contribution in [0.25, 0.3) is 0 Å². The first kappa shape index (κ1) is 10.9. The summed E-state index contributed by atoms with van der Waals surface area (Å²) in [5, 5.41) is 0. The summed E-state index contributed by atoms with van der Waals surface area (Å²) in [6, 6.07) is 0. The van der Waals surface area contributed by atoms with Crippen molar-refractivity contribution in [2.45, 2.75) is 26.4 Å². The number of hydrogen-bond acceptors (Lipinski definition) is 3. The standard InChI is InChI=1S/C9H14O3/c1-5-10-7-6-8-11-12-9(2,3)4/h1,6,8H,7H2,2-4H3. The molecule has 0 aromatic carbocycles. The van der Waals surface area contributed by atoms with Gasteiger partial charge in [0, 0.05) is 0 Å². The lowest BCUT2D eigenvalue weighted by Gasteiger charge is -2.15. The molecule has 0 saturated carbocycles. The predicted molar refractivity (Wildman–Crippen MR) is 45.8 cm³/mol. The molecule has 0 aromatic heterocycles. The summed E-state index contributed by atoms with van der Waals surface area (Å²) >= 11 is 0. The van der Waals surface area contributed by atoms with Crippen LogP contribution in [0.2, 0.25) is 0 Å². The largest absolute Gasteiger partial charge is 0.442 e. The van der Waals surface area contributed by atoms with E-state index in [1.165, 1.54) is 6.26 Å². The molecule has 0 aliphatic rings. The zero-order valence-electron chi connectivity index (χ0n) is 7.66. The predicted octanol–water partition coefficient (Wildman–Crippen LogP) is 1.85. The second kappa shape index (κ2) is 5.50. The van der Waals surface area contributed by atoms with E-state index in [0.717, 1.165) is 0 Å². The highest BCUT2D eigenvalue weighted by atomic mass is 17.2. The molecule has 0 radical (unpaired) electrons. The Labute approximate surface area is 73.2 Å². The Bertz CT molecular complexity index is 171. The number of hydrogen-bond donors (Lipinski definition) is 0. The van der Waals surface area contributed by atoms with Crippen LogP contribution in [-0.2, 0) is 14.5 Å². The molecule has 0 aliphatic carbocycles. The van der Waals surface area contributed by atoms with E-state index in [2.05, 4.69) is 4.74 Å². The van der Waals surface area contributed by atoms with Crippen molar-refractivity contribution in [2.24, 2.45) is 0 Å². The van der Waals surface area contributed by atoms with Crippen LogP contribution in [0.1, 0.15) is 20.8 Å². The molecule has 0 heterocycles. The molecule has 0 spiro atoms. The summed E-state index contributed by atoms with van der Waals surface area (Å²) in [6.45, 7) is 5.99. The molecular weight excluding hydrogens is 156 g/mol. The lowest BCUT2D eigenvalue weighted by atomic mass is 10.2. The van der Waals surface area contributed by atoms with Crippen LogP contribution in [0.5, 0.6) is 0 Å². The quantitative estimate of drug-likeness (QED) is 0.212. The molecule has 68 valence electrons. The lowest BCUT2D eigenvalue weighted by Crippen LogP contribution is -2.17. The summed E-state index contributed by atoms with van der Waals surface area (Å²) in [6.07, 6.45) is 9.87. The first-order chi connectivity index (χ1) is 5.56. The van der Waals surface area contributed by atoms with Crippen LogP contribution in [-0.4, -0.2) is 12.2 Å². The normalized spacial score (nSPS) is 11.2. The lowest BCUT2D eigenvalue weighted by molar-refractivity contribution is -0.310. The third kappa shape index (κ3) is 8.86. The van der Waals surface area contributed by atoms with E-state index < -0.39 is 0 Å². The SMILES string of the molecule is C#COCC=COOC(C)(C)C. The van der Waals surface area contributed by atoms with Gasteiger partial charge in [-0.25, -0.2) is 0 Å². The Morgan fingerprint density at radius 2 is 2.08 bits per heavy atom. The van der Waals surface area contributed by atoms with Crippen molar-refractivity contribution in [2.75, 3.05) is 6.61 Å². The second-order valence-electron chi connectivity index (χ2n) is 3.09. The third-order valence-corrected chi connectivity index (χ3v) is 0.713. The van der Waals surface area contributed by atoms with Crippen molar-refractivity contribution in [1.29, 1.82) is 0 Å². The first-order valence-electron chi connectivity index (χ1n) is 3.63. The first-order valence-corrected chi connectivity index (χ1v) is 3.63. The highest BCUT2D eigenvalue weighted by Crippen LogP contribution is 2.06. The zero-order chi connectivity index (χ0) is 9.45. The van der Waals surface area contributed by atoms with Crippen LogP contribution in [0.3, 0.4) is 0 Å². The average Bonchev–Trinajstić information content (AvgIpc) is 1.94. The van der Waals surface area contributed by atoms with Gasteiger partial charge in [-0.1, -0.05) is 6.42 Å². The Balaban J connectivity index is 3.32. The molecule has 0 aromatic rings. The number of ether oxygens (including phenoxy) is 1. The smallest absolute Gasteiger partial charge is 0.129 e. The molecule has 0 aliphatic heterocycles. The van der Waals surface area contributed by atoms with E-state index in [9.17, 15) is 0 Å². The van der Waals surface area contributed by atoms with Gasteiger partial charge in [0.05, 0.1) is 0 Å². The third-order valence-electron chi connectivity index (χ3n) is 0.713. The minimum Gasteiger partial charge on any atom is -0.442 e. The van der Waals surface area contributed by atoms with Crippen molar-refractivity contribution in [3.05, 3.63) is 12.3 Å². The van der Waals surface area contributed by atoms with Crippen LogP contribution >= 0.6 is 0 Å². The minimum absolute atomic E-state index is 0.308. The average molecular weight is 170 g/mol. The Hall–Kier alpha value is -1.14. The van der Waals surface area contributed by atoms with E-state index >= 15 is 0 Å².